The quantitative estimate of drug-likeness (QED) is 0.360. The first-order chi connectivity index (χ1) is 16.9. The average molecular weight is 509 g/mol. The van der Waals surface area contributed by atoms with E-state index >= 15 is 0 Å². The minimum atomic E-state index is -3.67. The van der Waals surface area contributed by atoms with Gasteiger partial charge in [0.05, 0.1) is 43.6 Å². The molecule has 5 rings (SSSR count). The third kappa shape index (κ3) is 4.42. The lowest BCUT2D eigenvalue weighted by molar-refractivity contribution is 0.375. The van der Waals surface area contributed by atoms with Crippen molar-refractivity contribution in [3.63, 3.8) is 0 Å². The highest BCUT2D eigenvalue weighted by Crippen LogP contribution is 2.41. The van der Waals surface area contributed by atoms with Crippen molar-refractivity contribution >= 4 is 27.1 Å². The summed E-state index contributed by atoms with van der Waals surface area (Å²) in [5.41, 5.74) is 4.66. The van der Waals surface area contributed by atoms with E-state index in [0.29, 0.717) is 23.6 Å². The summed E-state index contributed by atoms with van der Waals surface area (Å²) >= 11 is 1.56. The lowest BCUT2D eigenvalue weighted by Crippen LogP contribution is -2.26. The molecule has 0 unspecified atom stereocenters. The van der Waals surface area contributed by atoms with Gasteiger partial charge in [-0.25, -0.2) is 13.1 Å². The van der Waals surface area contributed by atoms with Gasteiger partial charge in [0.25, 0.3) is 0 Å². The van der Waals surface area contributed by atoms with Crippen LogP contribution in [-0.2, 0) is 10.0 Å². The number of nitrogens with zero attached hydrogens (tertiary/aromatic N) is 4. The third-order valence-electron chi connectivity index (χ3n) is 5.85. The van der Waals surface area contributed by atoms with Crippen LogP contribution in [0.3, 0.4) is 0 Å². The Kier molecular flexibility index (Phi) is 6.08. The monoisotopic (exact) mass is 508 g/mol. The first-order valence-electron chi connectivity index (χ1n) is 10.9. The number of thiophene rings is 1. The van der Waals surface area contributed by atoms with E-state index < -0.39 is 16.1 Å². The highest BCUT2D eigenvalue weighted by Gasteiger charge is 2.38. The predicted octanol–water partition coefficient (Wildman–Crippen LogP) is 4.73. The second-order valence-electron chi connectivity index (χ2n) is 8.09. The zero-order chi connectivity index (χ0) is 24.6. The Balaban J connectivity index is 1.63. The average Bonchev–Trinajstić information content (AvgIpc) is 3.62. The Bertz CT molecular complexity index is 1480. The smallest absolute Gasteiger partial charge is 0.247 e. The zero-order valence-electron chi connectivity index (χ0n) is 19.5. The summed E-state index contributed by atoms with van der Waals surface area (Å²) in [4.78, 5) is 0. The molecule has 2 aromatic carbocycles. The first-order valence-corrected chi connectivity index (χ1v) is 13.6. The number of para-hydroxylation sites is 1. The van der Waals surface area contributed by atoms with E-state index in [2.05, 4.69) is 5.10 Å². The molecule has 1 aliphatic heterocycles. The molecular weight excluding hydrogens is 484 g/mol. The van der Waals surface area contributed by atoms with Gasteiger partial charge in [-0.3, -0.25) is 0 Å². The maximum Gasteiger partial charge on any atom is 0.247 e. The van der Waals surface area contributed by atoms with Gasteiger partial charge in [0, 0.05) is 40.8 Å². The molecule has 8 nitrogen and oxygen atoms in total. The molecule has 4 aromatic rings. The maximum atomic E-state index is 12.9. The number of rotatable bonds is 7. The minimum absolute atomic E-state index is 0.368. The van der Waals surface area contributed by atoms with Gasteiger partial charge in [0.1, 0.15) is 11.5 Å². The van der Waals surface area contributed by atoms with Crippen molar-refractivity contribution in [2.24, 2.45) is 5.10 Å². The van der Waals surface area contributed by atoms with Crippen molar-refractivity contribution in [1.29, 1.82) is 0 Å². The van der Waals surface area contributed by atoms with Crippen LogP contribution in [0.5, 0.6) is 11.5 Å². The molecule has 1 atom stereocenters. The highest BCUT2D eigenvalue weighted by atomic mass is 32.2. The van der Waals surface area contributed by atoms with Crippen LogP contribution in [0.1, 0.15) is 23.6 Å². The van der Waals surface area contributed by atoms with E-state index in [1.807, 2.05) is 65.5 Å². The molecule has 3 heterocycles. The normalized spacial score (nSPS) is 15.8. The third-order valence-corrected chi connectivity index (χ3v) is 7.55. The summed E-state index contributed by atoms with van der Waals surface area (Å²) in [6.45, 7) is 0. The van der Waals surface area contributed by atoms with Gasteiger partial charge in [0.15, 0.2) is 0 Å². The van der Waals surface area contributed by atoms with Gasteiger partial charge < -0.3 is 9.47 Å². The second-order valence-corrected chi connectivity index (χ2v) is 10.7. The predicted molar refractivity (Wildman–Crippen MR) is 137 cm³/mol. The van der Waals surface area contributed by atoms with Crippen LogP contribution in [0.15, 0.2) is 76.7 Å². The minimum Gasteiger partial charge on any atom is -0.497 e. The van der Waals surface area contributed by atoms with E-state index in [9.17, 15) is 8.42 Å². The summed E-state index contributed by atoms with van der Waals surface area (Å²) in [5.74, 6) is 1.21. The summed E-state index contributed by atoms with van der Waals surface area (Å²) in [6.07, 6.45) is 3.44. The van der Waals surface area contributed by atoms with E-state index in [-0.39, 0.29) is 0 Å². The number of hydrazone groups is 1. The Morgan fingerprint density at radius 1 is 1.06 bits per heavy atom. The van der Waals surface area contributed by atoms with E-state index in [0.717, 1.165) is 28.1 Å². The topological polar surface area (TPSA) is 86.0 Å². The number of hydrogen-bond donors (Lipinski definition) is 0. The van der Waals surface area contributed by atoms with Gasteiger partial charge in [-0.15, -0.1) is 0 Å². The fourth-order valence-corrected chi connectivity index (χ4v) is 5.73. The lowest BCUT2D eigenvalue weighted by atomic mass is 9.97. The Morgan fingerprint density at radius 3 is 2.51 bits per heavy atom. The molecule has 10 heteroatoms. The molecule has 0 N–H and O–H groups in total. The van der Waals surface area contributed by atoms with Crippen LogP contribution in [0.4, 0.5) is 0 Å². The van der Waals surface area contributed by atoms with Crippen molar-refractivity contribution < 1.29 is 17.9 Å². The number of ether oxygens (including phenoxy) is 2. The first kappa shape index (κ1) is 23.1. The lowest BCUT2D eigenvalue weighted by Gasteiger charge is -2.21. The standard InChI is InChI=1S/C25H24N4O4S2/c1-32-19-9-10-20(24(13-19)33-2)22-14-23(29(26-22)35(3,30)31)21-15-28(18-7-5-4-6-8-18)27-25(21)17-11-12-34-16-17/h4-13,15-16,23H,14H2,1-3H3/t23-/m1/s1. The molecule has 1 aliphatic rings. The molecule has 180 valence electrons. The largest absolute Gasteiger partial charge is 0.497 e. The van der Waals surface area contributed by atoms with Crippen LogP contribution in [-0.4, -0.2) is 48.8 Å². The Labute approximate surface area is 208 Å². The molecule has 0 amide bonds. The van der Waals surface area contributed by atoms with Crippen LogP contribution in [0.25, 0.3) is 16.9 Å². The molecular formula is C25H24N4O4S2. The van der Waals surface area contributed by atoms with Gasteiger partial charge in [-0.05, 0) is 35.7 Å². The van der Waals surface area contributed by atoms with Crippen LogP contribution >= 0.6 is 11.3 Å². The van der Waals surface area contributed by atoms with Gasteiger partial charge in [-0.1, -0.05) is 18.2 Å². The summed E-state index contributed by atoms with van der Waals surface area (Å²) in [6, 6.07) is 16.6. The molecule has 0 saturated carbocycles. The summed E-state index contributed by atoms with van der Waals surface area (Å²) in [5, 5.41) is 13.4. The van der Waals surface area contributed by atoms with Crippen LogP contribution in [0, 0.1) is 0 Å². The van der Waals surface area contributed by atoms with Crippen molar-refractivity contribution in [3.8, 4) is 28.4 Å². The van der Waals surface area contributed by atoms with E-state index in [1.165, 1.54) is 10.7 Å². The molecule has 0 spiro atoms. The highest BCUT2D eigenvalue weighted by molar-refractivity contribution is 7.88. The van der Waals surface area contributed by atoms with E-state index in [1.54, 1.807) is 36.3 Å². The maximum absolute atomic E-state index is 12.9. The Hall–Kier alpha value is -3.63. The summed E-state index contributed by atoms with van der Waals surface area (Å²) < 4.78 is 39.6. The Morgan fingerprint density at radius 2 is 1.86 bits per heavy atom. The SMILES string of the molecule is COc1ccc(C2=NN(S(C)(=O)=O)[C@@H](c3cn(-c4ccccc4)nc3-c3ccsc3)C2)c(OC)c1. The number of hydrogen-bond acceptors (Lipinski definition) is 7. The fraction of sp³-hybridized carbons (Fsp3) is 0.200. The molecule has 35 heavy (non-hydrogen) atoms. The van der Waals surface area contributed by atoms with Crippen molar-refractivity contribution in [2.45, 2.75) is 12.5 Å². The number of sulfonamides is 1. The number of methoxy groups -OCH3 is 2. The second kappa shape index (κ2) is 9.20. The molecule has 0 radical (unpaired) electrons. The number of benzene rings is 2. The molecule has 0 fully saturated rings. The van der Waals surface area contributed by atoms with Crippen LogP contribution < -0.4 is 9.47 Å². The van der Waals surface area contributed by atoms with Crippen LogP contribution in [0.2, 0.25) is 0 Å². The van der Waals surface area contributed by atoms with Gasteiger partial charge in [-0.2, -0.15) is 26.0 Å². The zero-order valence-corrected chi connectivity index (χ0v) is 21.1. The molecule has 0 bridgehead atoms. The van der Waals surface area contributed by atoms with Gasteiger partial charge in [0.2, 0.25) is 10.0 Å². The van der Waals surface area contributed by atoms with Gasteiger partial charge >= 0.3 is 0 Å². The van der Waals surface area contributed by atoms with Crippen molar-refractivity contribution in [3.05, 3.63) is 82.7 Å². The number of aromatic nitrogens is 2. The fourth-order valence-electron chi connectivity index (χ4n) is 4.19. The van der Waals surface area contributed by atoms with E-state index in [4.69, 9.17) is 14.6 Å². The summed E-state index contributed by atoms with van der Waals surface area (Å²) in [7, 11) is -0.518. The molecule has 0 saturated heterocycles. The van der Waals surface area contributed by atoms with Crippen molar-refractivity contribution in [2.75, 3.05) is 20.5 Å². The van der Waals surface area contributed by atoms with Crippen molar-refractivity contribution in [1.82, 2.24) is 14.2 Å². The molecule has 0 aliphatic carbocycles. The molecule has 2 aromatic heterocycles.